The van der Waals surface area contributed by atoms with Crippen molar-refractivity contribution in [3.05, 3.63) is 51.7 Å². The first kappa shape index (κ1) is 14.4. The highest BCUT2D eigenvalue weighted by atomic mass is 32.1. The number of aryl methyl sites for hydroxylation is 1. The Balaban J connectivity index is 1.83. The van der Waals surface area contributed by atoms with Gasteiger partial charge in [-0.3, -0.25) is 0 Å². The van der Waals surface area contributed by atoms with Crippen molar-refractivity contribution in [2.75, 3.05) is 0 Å². The van der Waals surface area contributed by atoms with Gasteiger partial charge in [-0.2, -0.15) is 0 Å². The summed E-state index contributed by atoms with van der Waals surface area (Å²) in [6, 6.07) is 10.7. The second kappa shape index (κ2) is 6.43. The first-order valence-electron chi connectivity index (χ1n) is 6.43. The van der Waals surface area contributed by atoms with Gasteiger partial charge >= 0.3 is 6.03 Å². The number of phenolic OH excluding ortho intramolecular Hbond substituents is 1. The molecule has 0 bridgehead atoms. The maximum atomic E-state index is 11.8. The maximum absolute atomic E-state index is 11.8. The zero-order chi connectivity index (χ0) is 14.5. The number of hydrogen-bond donors (Lipinski definition) is 3. The van der Waals surface area contributed by atoms with Gasteiger partial charge in [0, 0.05) is 16.3 Å². The van der Waals surface area contributed by atoms with Crippen LogP contribution in [0.1, 0.15) is 28.3 Å². The Bertz CT molecular complexity index is 595. The van der Waals surface area contributed by atoms with Crippen LogP contribution in [0, 0.1) is 6.92 Å². The van der Waals surface area contributed by atoms with Gasteiger partial charge in [0.1, 0.15) is 5.75 Å². The molecule has 0 aliphatic rings. The van der Waals surface area contributed by atoms with E-state index in [2.05, 4.69) is 10.6 Å². The number of benzene rings is 1. The van der Waals surface area contributed by atoms with Crippen LogP contribution in [0.15, 0.2) is 36.4 Å². The van der Waals surface area contributed by atoms with Gasteiger partial charge in [0.25, 0.3) is 0 Å². The molecule has 2 aromatic rings. The Morgan fingerprint density at radius 2 is 2.15 bits per heavy atom. The van der Waals surface area contributed by atoms with E-state index >= 15 is 0 Å². The molecule has 106 valence electrons. The summed E-state index contributed by atoms with van der Waals surface area (Å²) >= 11 is 1.68. The van der Waals surface area contributed by atoms with E-state index in [1.165, 1.54) is 4.88 Å². The topological polar surface area (TPSA) is 61.4 Å². The molecular formula is C15H18N2O2S. The molecule has 2 amide bonds. The highest BCUT2D eigenvalue weighted by Crippen LogP contribution is 2.22. The normalized spacial score (nSPS) is 11.9. The number of carbonyl (C=O) groups is 1. The van der Waals surface area contributed by atoms with Crippen LogP contribution >= 0.6 is 11.3 Å². The Hall–Kier alpha value is -2.01. The highest BCUT2D eigenvalue weighted by Gasteiger charge is 2.10. The molecule has 1 heterocycles. The third-order valence-corrected chi connectivity index (χ3v) is 4.08. The minimum Gasteiger partial charge on any atom is -0.508 e. The molecular weight excluding hydrogens is 272 g/mol. The first-order chi connectivity index (χ1) is 9.54. The lowest BCUT2D eigenvalue weighted by Gasteiger charge is -2.13. The van der Waals surface area contributed by atoms with E-state index in [1.54, 1.807) is 29.5 Å². The van der Waals surface area contributed by atoms with E-state index in [0.717, 1.165) is 10.4 Å². The van der Waals surface area contributed by atoms with E-state index in [4.69, 9.17) is 0 Å². The zero-order valence-electron chi connectivity index (χ0n) is 11.5. The monoisotopic (exact) mass is 290 g/mol. The standard InChI is InChI=1S/C15H18N2O2S/c1-10-6-7-14(20-10)11(2)17-15(19)16-9-12-4-3-5-13(18)8-12/h3-8,11,18H,9H2,1-2H3,(H2,16,17,19)/t11-/m0/s1. The summed E-state index contributed by atoms with van der Waals surface area (Å²) < 4.78 is 0. The molecule has 2 rings (SSSR count). The summed E-state index contributed by atoms with van der Waals surface area (Å²) in [5.74, 6) is 0.201. The predicted molar refractivity (Wildman–Crippen MR) is 80.9 cm³/mol. The number of carbonyl (C=O) groups excluding carboxylic acids is 1. The Morgan fingerprint density at radius 3 is 2.80 bits per heavy atom. The molecule has 0 radical (unpaired) electrons. The molecule has 1 aromatic heterocycles. The fourth-order valence-electron chi connectivity index (χ4n) is 1.85. The molecule has 1 aromatic carbocycles. The van der Waals surface area contributed by atoms with Crippen molar-refractivity contribution < 1.29 is 9.90 Å². The molecule has 1 atom stereocenters. The Kier molecular flexibility index (Phi) is 4.63. The number of amides is 2. The number of nitrogens with one attached hydrogen (secondary N) is 2. The van der Waals surface area contributed by atoms with Crippen molar-refractivity contribution in [3.63, 3.8) is 0 Å². The van der Waals surface area contributed by atoms with Gasteiger partial charge < -0.3 is 15.7 Å². The first-order valence-corrected chi connectivity index (χ1v) is 7.25. The minimum absolute atomic E-state index is 0.0159. The van der Waals surface area contributed by atoms with Crippen LogP contribution in [-0.2, 0) is 6.54 Å². The van der Waals surface area contributed by atoms with Gasteiger partial charge in [0.2, 0.25) is 0 Å². The molecule has 20 heavy (non-hydrogen) atoms. The fourth-order valence-corrected chi connectivity index (χ4v) is 2.73. The van der Waals surface area contributed by atoms with Gasteiger partial charge in [-0.25, -0.2) is 4.79 Å². The van der Waals surface area contributed by atoms with Crippen LogP contribution in [0.25, 0.3) is 0 Å². The fraction of sp³-hybridized carbons (Fsp3) is 0.267. The average molecular weight is 290 g/mol. The van der Waals surface area contributed by atoms with E-state index in [-0.39, 0.29) is 17.8 Å². The van der Waals surface area contributed by atoms with Gasteiger partial charge in [0.15, 0.2) is 0 Å². The van der Waals surface area contributed by atoms with Crippen LogP contribution in [0.2, 0.25) is 0 Å². The number of thiophene rings is 1. The van der Waals surface area contributed by atoms with E-state index in [9.17, 15) is 9.90 Å². The molecule has 0 spiro atoms. The molecule has 0 saturated carbocycles. The summed E-state index contributed by atoms with van der Waals surface area (Å²) in [6.45, 7) is 4.39. The van der Waals surface area contributed by atoms with Crippen LogP contribution in [0.4, 0.5) is 4.79 Å². The smallest absolute Gasteiger partial charge is 0.315 e. The van der Waals surface area contributed by atoms with Crippen molar-refractivity contribution >= 4 is 17.4 Å². The van der Waals surface area contributed by atoms with Gasteiger partial charge in [-0.15, -0.1) is 11.3 Å². The van der Waals surface area contributed by atoms with Crippen molar-refractivity contribution in [2.24, 2.45) is 0 Å². The van der Waals surface area contributed by atoms with E-state index in [1.807, 2.05) is 32.0 Å². The summed E-state index contributed by atoms with van der Waals surface area (Å²) in [7, 11) is 0. The third kappa shape index (κ3) is 3.99. The molecule has 4 nitrogen and oxygen atoms in total. The SMILES string of the molecule is Cc1ccc([C@H](C)NC(=O)NCc2cccc(O)c2)s1. The largest absolute Gasteiger partial charge is 0.508 e. The number of phenols is 1. The van der Waals surface area contributed by atoms with E-state index in [0.29, 0.717) is 6.54 Å². The summed E-state index contributed by atoms with van der Waals surface area (Å²) in [4.78, 5) is 14.2. The maximum Gasteiger partial charge on any atom is 0.315 e. The van der Waals surface area contributed by atoms with E-state index < -0.39 is 0 Å². The highest BCUT2D eigenvalue weighted by molar-refractivity contribution is 7.12. The zero-order valence-corrected chi connectivity index (χ0v) is 12.3. The van der Waals surface area contributed by atoms with Gasteiger partial charge in [-0.1, -0.05) is 12.1 Å². The lowest BCUT2D eigenvalue weighted by atomic mass is 10.2. The van der Waals surface area contributed by atoms with Crippen LogP contribution < -0.4 is 10.6 Å². The molecule has 3 N–H and O–H groups in total. The second-order valence-corrected chi connectivity index (χ2v) is 5.99. The van der Waals surface area contributed by atoms with Crippen LogP contribution in [-0.4, -0.2) is 11.1 Å². The van der Waals surface area contributed by atoms with Gasteiger partial charge in [-0.05, 0) is 43.7 Å². The molecule has 0 aliphatic carbocycles. The third-order valence-electron chi connectivity index (χ3n) is 2.90. The quantitative estimate of drug-likeness (QED) is 0.809. The van der Waals surface area contributed by atoms with Gasteiger partial charge in [0.05, 0.1) is 6.04 Å². The van der Waals surface area contributed by atoms with Crippen molar-refractivity contribution in [2.45, 2.75) is 26.4 Å². The van der Waals surface area contributed by atoms with Crippen molar-refractivity contribution in [1.29, 1.82) is 0 Å². The van der Waals surface area contributed by atoms with Crippen molar-refractivity contribution in [1.82, 2.24) is 10.6 Å². The number of rotatable bonds is 4. The lowest BCUT2D eigenvalue weighted by molar-refractivity contribution is 0.237. The number of aromatic hydroxyl groups is 1. The average Bonchev–Trinajstić information content (AvgIpc) is 2.83. The number of urea groups is 1. The summed E-state index contributed by atoms with van der Waals surface area (Å²) in [6.07, 6.45) is 0. The Morgan fingerprint density at radius 1 is 1.35 bits per heavy atom. The molecule has 0 unspecified atom stereocenters. The van der Waals surface area contributed by atoms with Crippen LogP contribution in [0.5, 0.6) is 5.75 Å². The molecule has 0 saturated heterocycles. The Labute approximate surface area is 122 Å². The molecule has 5 heteroatoms. The molecule has 0 aliphatic heterocycles. The predicted octanol–water partition coefficient (Wildman–Crippen LogP) is 3.32. The summed E-state index contributed by atoms with van der Waals surface area (Å²) in [5.41, 5.74) is 0.861. The lowest BCUT2D eigenvalue weighted by Crippen LogP contribution is -2.36. The number of hydrogen-bond acceptors (Lipinski definition) is 3. The molecule has 0 fully saturated rings. The van der Waals surface area contributed by atoms with Crippen LogP contribution in [0.3, 0.4) is 0 Å². The summed E-state index contributed by atoms with van der Waals surface area (Å²) in [5, 5.41) is 15.0. The second-order valence-electron chi connectivity index (χ2n) is 4.67. The van der Waals surface area contributed by atoms with Crippen molar-refractivity contribution in [3.8, 4) is 5.75 Å². The minimum atomic E-state index is -0.216.